The summed E-state index contributed by atoms with van der Waals surface area (Å²) in [4.78, 5) is 2.40. The van der Waals surface area contributed by atoms with E-state index in [0.29, 0.717) is 30.2 Å². The summed E-state index contributed by atoms with van der Waals surface area (Å²) in [5, 5.41) is 10.6. The number of benzene rings is 1. The maximum Gasteiger partial charge on any atom is 0.0673 e. The molecular formula is C37H60N4. The molecule has 0 bridgehead atoms. The van der Waals surface area contributed by atoms with Gasteiger partial charge in [-0.05, 0) is 74.0 Å². The van der Waals surface area contributed by atoms with Crippen LogP contribution in [-0.2, 0) is 6.42 Å². The standard InChI is InChI=1S/C37H60N4/c1-24(2)20-32-16-18-33(19-17-32)39-28(8)23-38-30(10)35(26(5)6)40-27(7)22-36(12,13)37(14,15)41-29(9)21-34(25(3)4)31(41)11/h16-19,24-26,34-35,38-40H,7-11,20-23H2,1-6,12-15H3. The van der Waals surface area contributed by atoms with E-state index in [1.165, 1.54) is 17.0 Å². The van der Waals surface area contributed by atoms with Crippen molar-refractivity contribution >= 4 is 5.69 Å². The SMILES string of the molecule is C=C(CNC(=C)C(NC(=C)CC(C)(C)C(C)(C)N1C(=C)CC(C(C)C)C1=C)C(C)C)Nc1ccc(CC(C)C)cc1. The summed E-state index contributed by atoms with van der Waals surface area (Å²) in [5.74, 6) is 1.99. The predicted octanol–water partition coefficient (Wildman–Crippen LogP) is 9.24. The molecule has 1 aliphatic rings. The molecule has 41 heavy (non-hydrogen) atoms. The predicted molar refractivity (Wildman–Crippen MR) is 181 cm³/mol. The van der Waals surface area contributed by atoms with Crippen molar-refractivity contribution < 1.29 is 0 Å². The Balaban J connectivity index is 1.98. The van der Waals surface area contributed by atoms with Crippen LogP contribution in [-0.4, -0.2) is 23.0 Å². The molecule has 0 spiro atoms. The minimum Gasteiger partial charge on any atom is -0.382 e. The van der Waals surface area contributed by atoms with E-state index in [-0.39, 0.29) is 17.0 Å². The third-order valence-corrected chi connectivity index (χ3v) is 9.01. The smallest absolute Gasteiger partial charge is 0.0673 e. The van der Waals surface area contributed by atoms with Crippen LogP contribution in [0.1, 0.15) is 87.6 Å². The van der Waals surface area contributed by atoms with Gasteiger partial charge in [-0.15, -0.1) is 0 Å². The lowest BCUT2D eigenvalue weighted by atomic mass is 9.70. The number of rotatable bonds is 16. The number of nitrogens with one attached hydrogen (secondary N) is 3. The molecule has 0 amide bonds. The Morgan fingerprint density at radius 2 is 1.51 bits per heavy atom. The summed E-state index contributed by atoms with van der Waals surface area (Å²) in [7, 11) is 0. The first kappa shape index (κ1) is 34.3. The van der Waals surface area contributed by atoms with Crippen LogP contribution in [0.4, 0.5) is 5.69 Å². The second kappa shape index (κ2) is 13.9. The van der Waals surface area contributed by atoms with E-state index in [0.717, 1.165) is 42.0 Å². The maximum atomic E-state index is 4.51. The maximum absolute atomic E-state index is 4.51. The van der Waals surface area contributed by atoms with Gasteiger partial charge < -0.3 is 20.9 Å². The van der Waals surface area contributed by atoms with Crippen LogP contribution in [0.3, 0.4) is 0 Å². The Morgan fingerprint density at radius 3 is 2.00 bits per heavy atom. The number of anilines is 1. The molecule has 0 aliphatic carbocycles. The van der Waals surface area contributed by atoms with Gasteiger partial charge in [0.05, 0.1) is 12.6 Å². The molecule has 3 N–H and O–H groups in total. The summed E-state index contributed by atoms with van der Waals surface area (Å²) in [5.41, 5.74) is 7.36. The summed E-state index contributed by atoms with van der Waals surface area (Å²) < 4.78 is 0. The van der Waals surface area contributed by atoms with Crippen LogP contribution in [0.15, 0.2) is 85.6 Å². The molecule has 1 heterocycles. The number of allylic oxidation sites excluding steroid dienone is 3. The highest BCUT2D eigenvalue weighted by Crippen LogP contribution is 2.50. The second-order valence-corrected chi connectivity index (χ2v) is 14.4. The molecule has 1 aromatic carbocycles. The average molecular weight is 561 g/mol. The summed E-state index contributed by atoms with van der Waals surface area (Å²) >= 11 is 0. The van der Waals surface area contributed by atoms with Crippen LogP contribution >= 0.6 is 0 Å². The van der Waals surface area contributed by atoms with Gasteiger partial charge in [-0.3, -0.25) is 0 Å². The topological polar surface area (TPSA) is 39.3 Å². The molecule has 4 nitrogen and oxygen atoms in total. The third-order valence-electron chi connectivity index (χ3n) is 9.01. The molecule has 2 atom stereocenters. The lowest BCUT2D eigenvalue weighted by molar-refractivity contribution is 0.0647. The van der Waals surface area contributed by atoms with Gasteiger partial charge in [-0.25, -0.2) is 0 Å². The minimum atomic E-state index is -0.172. The number of nitrogens with zero attached hydrogens (tertiary/aromatic N) is 1. The van der Waals surface area contributed by atoms with Gasteiger partial charge >= 0.3 is 0 Å². The average Bonchev–Trinajstić information content (AvgIpc) is 3.15. The highest BCUT2D eigenvalue weighted by molar-refractivity contribution is 5.49. The van der Waals surface area contributed by atoms with Gasteiger partial charge in [0.2, 0.25) is 0 Å². The van der Waals surface area contributed by atoms with Gasteiger partial charge in [0, 0.05) is 45.6 Å². The van der Waals surface area contributed by atoms with Crippen molar-refractivity contribution in [3.8, 4) is 0 Å². The molecule has 4 heteroatoms. The zero-order chi connectivity index (χ0) is 31.3. The Hall–Kier alpha value is -2.88. The molecule has 2 rings (SSSR count). The van der Waals surface area contributed by atoms with Crippen molar-refractivity contribution in [2.45, 2.75) is 100 Å². The third kappa shape index (κ3) is 8.80. The van der Waals surface area contributed by atoms with E-state index in [1.54, 1.807) is 0 Å². The Bertz CT molecular complexity index is 1100. The highest BCUT2D eigenvalue weighted by Gasteiger charge is 2.47. The minimum absolute atomic E-state index is 0.0477. The summed E-state index contributed by atoms with van der Waals surface area (Å²) in [6.45, 7) is 45.4. The van der Waals surface area contributed by atoms with Crippen molar-refractivity contribution in [3.05, 3.63) is 91.2 Å². The molecule has 0 saturated carbocycles. The molecule has 0 radical (unpaired) electrons. The highest BCUT2D eigenvalue weighted by atomic mass is 15.2. The second-order valence-electron chi connectivity index (χ2n) is 14.4. The van der Waals surface area contributed by atoms with E-state index in [1.807, 2.05) is 0 Å². The van der Waals surface area contributed by atoms with Crippen LogP contribution in [0.2, 0.25) is 0 Å². The summed E-state index contributed by atoms with van der Waals surface area (Å²) in [6, 6.07) is 8.67. The number of hydrogen-bond acceptors (Lipinski definition) is 4. The van der Waals surface area contributed by atoms with Crippen LogP contribution in [0.25, 0.3) is 0 Å². The van der Waals surface area contributed by atoms with Crippen LogP contribution in [0, 0.1) is 29.1 Å². The summed E-state index contributed by atoms with van der Waals surface area (Å²) in [6.07, 6.45) is 2.90. The Morgan fingerprint density at radius 1 is 0.927 bits per heavy atom. The Labute approximate surface area is 253 Å². The molecule has 1 saturated heterocycles. The largest absolute Gasteiger partial charge is 0.382 e. The van der Waals surface area contributed by atoms with Crippen molar-refractivity contribution in [1.82, 2.24) is 15.5 Å². The first-order valence-corrected chi connectivity index (χ1v) is 15.4. The van der Waals surface area contributed by atoms with Gasteiger partial charge in [-0.1, -0.05) is 100 Å². The van der Waals surface area contributed by atoms with Crippen LogP contribution < -0.4 is 16.0 Å². The lowest BCUT2D eigenvalue weighted by Crippen LogP contribution is -2.52. The van der Waals surface area contributed by atoms with E-state index in [9.17, 15) is 0 Å². The zero-order valence-electron chi connectivity index (χ0n) is 28.0. The first-order valence-electron chi connectivity index (χ1n) is 15.4. The van der Waals surface area contributed by atoms with Gasteiger partial charge in [0.25, 0.3) is 0 Å². The number of hydrogen-bond donors (Lipinski definition) is 3. The van der Waals surface area contributed by atoms with Crippen molar-refractivity contribution in [3.63, 3.8) is 0 Å². The Kier molecular flexibility index (Phi) is 11.6. The first-order chi connectivity index (χ1) is 18.9. The monoisotopic (exact) mass is 560 g/mol. The van der Waals surface area contributed by atoms with Crippen molar-refractivity contribution in [1.29, 1.82) is 0 Å². The quantitative estimate of drug-likeness (QED) is 0.188. The number of likely N-dealkylation sites (tertiary alicyclic amines) is 1. The molecular weight excluding hydrogens is 500 g/mol. The van der Waals surface area contributed by atoms with Gasteiger partial charge in [0.15, 0.2) is 0 Å². The molecule has 2 unspecified atom stereocenters. The fourth-order valence-electron chi connectivity index (χ4n) is 5.96. The zero-order valence-corrected chi connectivity index (χ0v) is 28.0. The van der Waals surface area contributed by atoms with E-state index >= 15 is 0 Å². The fourth-order valence-corrected chi connectivity index (χ4v) is 5.96. The molecule has 1 fully saturated rings. The van der Waals surface area contributed by atoms with E-state index in [2.05, 4.69) is 147 Å². The van der Waals surface area contributed by atoms with Crippen molar-refractivity contribution in [2.75, 3.05) is 11.9 Å². The van der Waals surface area contributed by atoms with Gasteiger partial charge in [0.1, 0.15) is 0 Å². The molecule has 228 valence electrons. The normalized spacial score (nSPS) is 16.9. The van der Waals surface area contributed by atoms with E-state index < -0.39 is 0 Å². The molecule has 0 aromatic heterocycles. The molecule has 1 aromatic rings. The lowest BCUT2D eigenvalue weighted by Gasteiger charge is -2.50. The van der Waals surface area contributed by atoms with Crippen molar-refractivity contribution in [2.24, 2.45) is 29.1 Å². The van der Waals surface area contributed by atoms with E-state index in [4.69, 9.17) is 0 Å². The van der Waals surface area contributed by atoms with Crippen LogP contribution in [0.5, 0.6) is 0 Å². The fraction of sp³-hybridized carbons (Fsp3) is 0.568. The van der Waals surface area contributed by atoms with Gasteiger partial charge in [-0.2, -0.15) is 0 Å². The molecule has 1 aliphatic heterocycles.